The van der Waals surface area contributed by atoms with Crippen molar-refractivity contribution in [2.75, 3.05) is 0 Å². The van der Waals surface area contributed by atoms with Crippen LogP contribution in [0.4, 0.5) is 13.2 Å². The van der Waals surface area contributed by atoms with Gasteiger partial charge in [0, 0.05) is 0 Å². The fraction of sp³-hybridized carbons (Fsp3) is 0.290. The summed E-state index contributed by atoms with van der Waals surface area (Å²) in [7, 11) is 0. The fourth-order valence-electron chi connectivity index (χ4n) is 4.63. The summed E-state index contributed by atoms with van der Waals surface area (Å²) in [6.45, 7) is 9.17. The normalized spacial score (nSPS) is 13.0. The van der Waals surface area contributed by atoms with E-state index in [1.165, 1.54) is 30.2 Å². The Bertz CT molecular complexity index is 1590. The van der Waals surface area contributed by atoms with Crippen LogP contribution in [0, 0.1) is 5.41 Å². The van der Waals surface area contributed by atoms with Gasteiger partial charge in [0.25, 0.3) is 0 Å². The maximum atomic E-state index is 13.3. The molecule has 5 rings (SSSR count). The topological polar surface area (TPSA) is 25.8 Å². The summed E-state index contributed by atoms with van der Waals surface area (Å²) >= 11 is -0.0702. The molecule has 0 N–H and O–H groups in total. The molecule has 6 heteroatoms. The van der Waals surface area contributed by atoms with E-state index in [2.05, 4.69) is 57.2 Å². The van der Waals surface area contributed by atoms with Crippen LogP contribution in [0.1, 0.15) is 45.7 Å². The molecule has 3 aromatic carbocycles. The molecule has 0 aliphatic carbocycles. The van der Waals surface area contributed by atoms with Gasteiger partial charge < -0.3 is 0 Å². The van der Waals surface area contributed by atoms with Crippen LogP contribution in [-0.2, 0) is 11.8 Å². The van der Waals surface area contributed by atoms with Crippen molar-refractivity contribution in [3.05, 3.63) is 84.1 Å². The van der Waals surface area contributed by atoms with Crippen molar-refractivity contribution in [1.82, 2.24) is 9.97 Å². The van der Waals surface area contributed by atoms with E-state index in [4.69, 9.17) is 9.97 Å². The number of rotatable bonds is 4. The van der Waals surface area contributed by atoms with Gasteiger partial charge in [-0.05, 0) is 0 Å². The molecule has 37 heavy (non-hydrogen) atoms. The molecule has 190 valence electrons. The third-order valence-electron chi connectivity index (χ3n) is 6.86. The van der Waals surface area contributed by atoms with E-state index < -0.39 is 11.6 Å². The van der Waals surface area contributed by atoms with Crippen molar-refractivity contribution in [2.45, 2.75) is 52.6 Å². The van der Waals surface area contributed by atoms with Gasteiger partial charge in [-0.25, -0.2) is 0 Å². The van der Waals surface area contributed by atoms with E-state index in [0.29, 0.717) is 5.56 Å². The van der Waals surface area contributed by atoms with Gasteiger partial charge in [-0.3, -0.25) is 0 Å². The number of nitrogens with zero attached hydrogens (tertiary/aromatic N) is 2. The average molecular weight is 566 g/mol. The molecule has 5 aromatic rings. The Balaban J connectivity index is 1.55. The Hall–Kier alpha value is -2.95. The third-order valence-corrected chi connectivity index (χ3v) is 9.23. The summed E-state index contributed by atoms with van der Waals surface area (Å²) in [6, 6.07) is 22.3. The van der Waals surface area contributed by atoms with E-state index in [1.54, 1.807) is 12.1 Å². The zero-order valence-electron chi connectivity index (χ0n) is 21.6. The maximum absolute atomic E-state index is 13.3. The van der Waals surface area contributed by atoms with E-state index in [0.717, 1.165) is 31.2 Å². The zero-order chi connectivity index (χ0) is 26.6. The van der Waals surface area contributed by atoms with Crippen molar-refractivity contribution in [3.8, 4) is 21.4 Å². The molecule has 0 aliphatic rings. The summed E-state index contributed by atoms with van der Waals surface area (Å²) in [5.74, 6) is 0. The zero-order valence-corrected chi connectivity index (χ0v) is 23.3. The number of alkyl halides is 3. The van der Waals surface area contributed by atoms with Crippen LogP contribution in [0.5, 0.6) is 0 Å². The number of hydrogen-bond donors (Lipinski definition) is 0. The molecule has 2 aromatic heterocycles. The summed E-state index contributed by atoms with van der Waals surface area (Å²) in [6.07, 6.45) is -2.49. The quantitative estimate of drug-likeness (QED) is 0.204. The number of aromatic nitrogens is 2. The van der Waals surface area contributed by atoms with Crippen molar-refractivity contribution in [3.63, 3.8) is 0 Å². The van der Waals surface area contributed by atoms with E-state index in [-0.39, 0.29) is 26.3 Å². The van der Waals surface area contributed by atoms with Gasteiger partial charge in [0.1, 0.15) is 0 Å². The standard InChI is InChI=1S/C31H29F3N2Se/c1-29(2,3)24-17-22(16-21-8-6-7-9-23(21)24)26-27-25(14-15-35-26)36-28(37-27)20-12-10-19(11-13-20)18-30(4,5)31(32,33)34/h6-17H,18H2,1-5H3. The minimum absolute atomic E-state index is 0.0250. The van der Waals surface area contributed by atoms with Gasteiger partial charge in [-0.2, -0.15) is 0 Å². The molecule has 0 spiro atoms. The summed E-state index contributed by atoms with van der Waals surface area (Å²) in [4.78, 5) is 9.70. The van der Waals surface area contributed by atoms with E-state index in [1.807, 2.05) is 24.4 Å². The first-order chi connectivity index (χ1) is 17.3. The van der Waals surface area contributed by atoms with Gasteiger partial charge in [-0.15, -0.1) is 0 Å². The van der Waals surface area contributed by atoms with Crippen LogP contribution in [-0.4, -0.2) is 30.6 Å². The molecule has 0 saturated heterocycles. The Morgan fingerprint density at radius 3 is 2.19 bits per heavy atom. The molecule has 0 atom stereocenters. The molecule has 0 unspecified atom stereocenters. The number of halogens is 3. The first kappa shape index (κ1) is 25.7. The summed E-state index contributed by atoms with van der Waals surface area (Å²) < 4.78 is 42.1. The van der Waals surface area contributed by atoms with Gasteiger partial charge in [-0.1, -0.05) is 0 Å². The molecule has 0 bridgehead atoms. The molecule has 2 nitrogen and oxygen atoms in total. The number of hydrogen-bond acceptors (Lipinski definition) is 2. The molecule has 0 fully saturated rings. The molecule has 2 heterocycles. The molecular weight excluding hydrogens is 536 g/mol. The Morgan fingerprint density at radius 1 is 0.811 bits per heavy atom. The second-order valence-electron chi connectivity index (χ2n) is 11.3. The number of benzene rings is 3. The number of pyridine rings is 1. The van der Waals surface area contributed by atoms with Crippen LogP contribution >= 0.6 is 0 Å². The molecule has 0 amide bonds. The Labute approximate surface area is 221 Å². The van der Waals surface area contributed by atoms with Crippen LogP contribution in [0.15, 0.2) is 72.9 Å². The molecule has 0 aliphatic heterocycles. The Morgan fingerprint density at radius 2 is 1.51 bits per heavy atom. The predicted molar refractivity (Wildman–Crippen MR) is 147 cm³/mol. The molecule has 0 radical (unpaired) electrons. The first-order valence-electron chi connectivity index (χ1n) is 12.3. The Kier molecular flexibility index (Phi) is 6.32. The van der Waals surface area contributed by atoms with Crippen molar-refractivity contribution < 1.29 is 13.2 Å². The third kappa shape index (κ3) is 4.97. The van der Waals surface area contributed by atoms with E-state index in [9.17, 15) is 13.2 Å². The van der Waals surface area contributed by atoms with Gasteiger partial charge in [0.05, 0.1) is 0 Å². The second-order valence-corrected chi connectivity index (χ2v) is 13.4. The minimum atomic E-state index is -4.25. The van der Waals surface area contributed by atoms with Gasteiger partial charge >= 0.3 is 222 Å². The van der Waals surface area contributed by atoms with Crippen LogP contribution < -0.4 is 0 Å². The average Bonchev–Trinajstić information content (AvgIpc) is 3.27. The van der Waals surface area contributed by atoms with Crippen molar-refractivity contribution >= 4 is 35.1 Å². The van der Waals surface area contributed by atoms with Crippen LogP contribution in [0.25, 0.3) is 41.9 Å². The van der Waals surface area contributed by atoms with Crippen molar-refractivity contribution in [1.29, 1.82) is 0 Å². The SMILES string of the molecule is CC(C)(C)c1cc(-c2nccc3nc(-c4ccc(CC(C)(C)C(F)(F)F)cc4)[se]c23)cc2ccccc12. The predicted octanol–water partition coefficient (Wildman–Crippen LogP) is 8.60. The van der Waals surface area contributed by atoms with Gasteiger partial charge in [0.2, 0.25) is 0 Å². The van der Waals surface area contributed by atoms with Crippen LogP contribution in [0.3, 0.4) is 0 Å². The first-order valence-corrected chi connectivity index (χ1v) is 14.0. The monoisotopic (exact) mass is 566 g/mol. The number of fused-ring (bicyclic) bond motifs is 2. The summed E-state index contributed by atoms with van der Waals surface area (Å²) in [5, 5.41) is 2.44. The summed E-state index contributed by atoms with van der Waals surface area (Å²) in [5.41, 5.74) is 4.07. The second kappa shape index (κ2) is 9.11. The fourth-order valence-corrected chi connectivity index (χ4v) is 6.89. The molecule has 0 saturated carbocycles. The van der Waals surface area contributed by atoms with Gasteiger partial charge in [0.15, 0.2) is 0 Å². The van der Waals surface area contributed by atoms with Crippen LogP contribution in [0.2, 0.25) is 0 Å². The van der Waals surface area contributed by atoms with Crippen molar-refractivity contribution in [2.24, 2.45) is 5.41 Å². The molecular formula is C31H29F3N2Se. The van der Waals surface area contributed by atoms with E-state index >= 15 is 0 Å².